The zero-order valence-corrected chi connectivity index (χ0v) is 19.8. The monoisotopic (exact) mass is 471 g/mol. The number of hydrogen-bond donors (Lipinski definition) is 4. The van der Waals surface area contributed by atoms with Gasteiger partial charge in [-0.2, -0.15) is 0 Å². The second-order valence-electron chi connectivity index (χ2n) is 8.90. The third-order valence-corrected chi connectivity index (χ3v) is 6.17. The standard InChI is InChI=1S/C28H29N3O4/c1-17-12-22(15-25-26(17)30-18(2)29-25)27(33)31-24(14-23(16-32)28(34)35)13-19-8-10-21(11-9-19)20-6-4-3-5-7-20/h3-12,15,23-24,32H,13-14,16H2,1-2H3,(H,29,30)(H,31,33)(H,34,35). The Morgan fingerprint density at radius 2 is 1.69 bits per heavy atom. The Bertz CT molecular complexity index is 1330. The first-order chi connectivity index (χ1) is 16.8. The van der Waals surface area contributed by atoms with Crippen LogP contribution in [0.3, 0.4) is 0 Å². The molecule has 2 atom stereocenters. The maximum Gasteiger partial charge on any atom is 0.308 e. The Balaban J connectivity index is 1.55. The molecule has 0 aliphatic heterocycles. The summed E-state index contributed by atoms with van der Waals surface area (Å²) in [5.41, 5.74) is 6.10. The molecule has 180 valence electrons. The molecule has 0 spiro atoms. The third kappa shape index (κ3) is 5.75. The molecule has 0 saturated heterocycles. The van der Waals surface area contributed by atoms with Crippen molar-refractivity contribution in [2.75, 3.05) is 6.61 Å². The van der Waals surface area contributed by atoms with Crippen molar-refractivity contribution >= 4 is 22.9 Å². The van der Waals surface area contributed by atoms with Gasteiger partial charge in [0.25, 0.3) is 5.91 Å². The molecule has 3 aromatic carbocycles. The van der Waals surface area contributed by atoms with Crippen LogP contribution in [0, 0.1) is 19.8 Å². The van der Waals surface area contributed by atoms with E-state index in [1.54, 1.807) is 12.1 Å². The summed E-state index contributed by atoms with van der Waals surface area (Å²) in [5, 5.41) is 22.1. The van der Waals surface area contributed by atoms with E-state index in [0.717, 1.165) is 39.1 Å². The zero-order chi connectivity index (χ0) is 24.9. The van der Waals surface area contributed by atoms with Gasteiger partial charge in [-0.15, -0.1) is 0 Å². The average molecular weight is 472 g/mol. The molecule has 0 radical (unpaired) electrons. The van der Waals surface area contributed by atoms with Gasteiger partial charge in [-0.25, -0.2) is 4.98 Å². The van der Waals surface area contributed by atoms with E-state index in [1.165, 1.54) is 0 Å². The highest BCUT2D eigenvalue weighted by atomic mass is 16.4. The number of carboxylic acids is 1. The lowest BCUT2D eigenvalue weighted by atomic mass is 9.94. The molecule has 1 amide bonds. The highest BCUT2D eigenvalue weighted by Crippen LogP contribution is 2.22. The Kier molecular flexibility index (Phi) is 7.27. The van der Waals surface area contributed by atoms with E-state index in [2.05, 4.69) is 15.3 Å². The van der Waals surface area contributed by atoms with E-state index in [-0.39, 0.29) is 12.3 Å². The molecular formula is C28H29N3O4. The van der Waals surface area contributed by atoms with E-state index in [9.17, 15) is 19.8 Å². The number of nitrogens with zero attached hydrogens (tertiary/aromatic N) is 1. The normalized spacial score (nSPS) is 12.9. The van der Waals surface area contributed by atoms with Gasteiger partial charge in [0.05, 0.1) is 23.6 Å². The second kappa shape index (κ2) is 10.5. The van der Waals surface area contributed by atoms with E-state index >= 15 is 0 Å². The molecule has 2 unspecified atom stereocenters. The predicted molar refractivity (Wildman–Crippen MR) is 135 cm³/mol. The van der Waals surface area contributed by atoms with Crippen LogP contribution in [0.5, 0.6) is 0 Å². The van der Waals surface area contributed by atoms with Crippen molar-refractivity contribution in [3.05, 3.63) is 89.2 Å². The number of hydrogen-bond acceptors (Lipinski definition) is 4. The molecule has 7 nitrogen and oxygen atoms in total. The number of aryl methyl sites for hydroxylation is 2. The van der Waals surface area contributed by atoms with E-state index in [4.69, 9.17) is 0 Å². The second-order valence-corrected chi connectivity index (χ2v) is 8.90. The number of benzene rings is 3. The maximum absolute atomic E-state index is 13.2. The SMILES string of the molecule is Cc1nc2c(C)cc(C(=O)NC(Cc3ccc(-c4ccccc4)cc3)CC(CO)C(=O)O)cc2[nH]1. The Morgan fingerprint density at radius 3 is 2.34 bits per heavy atom. The Hall–Kier alpha value is -3.97. The third-order valence-electron chi connectivity index (χ3n) is 6.17. The number of aromatic nitrogens is 2. The van der Waals surface area contributed by atoms with Gasteiger partial charge in [0.2, 0.25) is 0 Å². The number of aromatic amines is 1. The number of nitrogens with one attached hydrogen (secondary N) is 2. The predicted octanol–water partition coefficient (Wildman–Crippen LogP) is 4.27. The van der Waals surface area contributed by atoms with Gasteiger partial charge in [-0.1, -0.05) is 54.6 Å². The minimum Gasteiger partial charge on any atom is -0.481 e. The van der Waals surface area contributed by atoms with Gasteiger partial charge in [0.15, 0.2) is 0 Å². The number of carboxylic acid groups (broad SMARTS) is 1. The summed E-state index contributed by atoms with van der Waals surface area (Å²) in [6, 6.07) is 21.1. The van der Waals surface area contributed by atoms with Crippen LogP contribution in [0.4, 0.5) is 0 Å². The molecule has 4 aromatic rings. The number of carbonyl (C=O) groups excluding carboxylic acids is 1. The smallest absolute Gasteiger partial charge is 0.308 e. The van der Waals surface area contributed by atoms with Gasteiger partial charge < -0.3 is 20.5 Å². The quantitative estimate of drug-likeness (QED) is 0.291. The Labute approximate surface area is 203 Å². The first kappa shape index (κ1) is 24.2. The summed E-state index contributed by atoms with van der Waals surface area (Å²) in [5.74, 6) is -1.58. The summed E-state index contributed by atoms with van der Waals surface area (Å²) in [6.07, 6.45) is 0.553. The highest BCUT2D eigenvalue weighted by Gasteiger charge is 2.24. The van der Waals surface area contributed by atoms with Crippen molar-refractivity contribution in [1.82, 2.24) is 15.3 Å². The number of imidazole rings is 1. The molecule has 0 aliphatic rings. The van der Waals surface area contributed by atoms with Gasteiger partial charge in [-0.05, 0) is 61.1 Å². The number of rotatable bonds is 9. The van der Waals surface area contributed by atoms with Crippen LogP contribution in [-0.4, -0.2) is 44.7 Å². The average Bonchev–Trinajstić information content (AvgIpc) is 3.24. The van der Waals surface area contributed by atoms with Crippen molar-refractivity contribution in [2.24, 2.45) is 5.92 Å². The lowest BCUT2D eigenvalue weighted by molar-refractivity contribution is -0.143. The van der Waals surface area contributed by atoms with Crippen molar-refractivity contribution in [3.8, 4) is 11.1 Å². The van der Waals surface area contributed by atoms with Gasteiger partial charge in [-0.3, -0.25) is 9.59 Å². The van der Waals surface area contributed by atoms with Gasteiger partial charge >= 0.3 is 5.97 Å². The molecule has 1 heterocycles. The van der Waals surface area contributed by atoms with Crippen molar-refractivity contribution < 1.29 is 19.8 Å². The molecule has 7 heteroatoms. The summed E-state index contributed by atoms with van der Waals surface area (Å²) in [4.78, 5) is 32.4. The molecule has 35 heavy (non-hydrogen) atoms. The van der Waals surface area contributed by atoms with Crippen LogP contribution in [-0.2, 0) is 11.2 Å². The van der Waals surface area contributed by atoms with Crippen molar-refractivity contribution in [2.45, 2.75) is 32.7 Å². The number of H-pyrrole nitrogens is 1. The number of aliphatic carboxylic acids is 1. The first-order valence-corrected chi connectivity index (χ1v) is 11.6. The number of aliphatic hydroxyl groups is 1. The molecule has 0 aliphatic carbocycles. The van der Waals surface area contributed by atoms with Crippen molar-refractivity contribution in [3.63, 3.8) is 0 Å². The molecular weight excluding hydrogens is 442 g/mol. The van der Waals surface area contributed by atoms with E-state index < -0.39 is 24.5 Å². The van der Waals surface area contributed by atoms with Crippen LogP contribution in [0.2, 0.25) is 0 Å². The van der Waals surface area contributed by atoms with Crippen LogP contribution in [0.15, 0.2) is 66.7 Å². The molecule has 4 rings (SSSR count). The van der Waals surface area contributed by atoms with Crippen LogP contribution >= 0.6 is 0 Å². The summed E-state index contributed by atoms with van der Waals surface area (Å²) in [6.45, 7) is 3.27. The molecule has 0 bridgehead atoms. The topological polar surface area (TPSA) is 115 Å². The minimum atomic E-state index is -1.09. The van der Waals surface area contributed by atoms with Gasteiger partial charge in [0, 0.05) is 11.6 Å². The number of fused-ring (bicyclic) bond motifs is 1. The largest absolute Gasteiger partial charge is 0.481 e. The lowest BCUT2D eigenvalue weighted by Gasteiger charge is -2.22. The van der Waals surface area contributed by atoms with E-state index in [1.807, 2.05) is 68.4 Å². The van der Waals surface area contributed by atoms with E-state index in [0.29, 0.717) is 12.0 Å². The van der Waals surface area contributed by atoms with Crippen LogP contribution < -0.4 is 5.32 Å². The fourth-order valence-corrected chi connectivity index (χ4v) is 4.35. The molecule has 0 fully saturated rings. The van der Waals surface area contributed by atoms with Crippen molar-refractivity contribution in [1.29, 1.82) is 0 Å². The Morgan fingerprint density at radius 1 is 1.00 bits per heavy atom. The zero-order valence-electron chi connectivity index (χ0n) is 19.8. The molecule has 1 aromatic heterocycles. The number of carbonyl (C=O) groups is 2. The summed E-state index contributed by atoms with van der Waals surface area (Å²) < 4.78 is 0. The molecule has 0 saturated carbocycles. The minimum absolute atomic E-state index is 0.113. The number of amides is 1. The van der Waals surface area contributed by atoms with Gasteiger partial charge in [0.1, 0.15) is 5.82 Å². The summed E-state index contributed by atoms with van der Waals surface area (Å²) in [7, 11) is 0. The summed E-state index contributed by atoms with van der Waals surface area (Å²) >= 11 is 0. The first-order valence-electron chi connectivity index (χ1n) is 11.6. The number of aliphatic hydroxyl groups excluding tert-OH is 1. The maximum atomic E-state index is 13.2. The fourth-order valence-electron chi connectivity index (χ4n) is 4.35. The van der Waals surface area contributed by atoms with Crippen LogP contribution in [0.1, 0.15) is 33.7 Å². The lowest BCUT2D eigenvalue weighted by Crippen LogP contribution is -2.39. The van der Waals surface area contributed by atoms with Crippen LogP contribution in [0.25, 0.3) is 22.2 Å². The fraction of sp³-hybridized carbons (Fsp3) is 0.250. The molecule has 4 N–H and O–H groups in total. The highest BCUT2D eigenvalue weighted by molar-refractivity contribution is 5.98.